The van der Waals surface area contributed by atoms with Gasteiger partial charge in [0.15, 0.2) is 0 Å². The Kier molecular flexibility index (Phi) is 4.62. The molecule has 0 aromatic carbocycles. The van der Waals surface area contributed by atoms with Crippen LogP contribution in [0, 0.1) is 34.5 Å². The van der Waals surface area contributed by atoms with Crippen LogP contribution in [0.25, 0.3) is 0 Å². The average Bonchev–Trinajstić information content (AvgIpc) is 3.35. The van der Waals surface area contributed by atoms with Crippen LogP contribution in [0.15, 0.2) is 18.3 Å². The maximum absolute atomic E-state index is 13.6. The second kappa shape index (κ2) is 7.34. The van der Waals surface area contributed by atoms with Crippen molar-refractivity contribution in [2.24, 2.45) is 23.2 Å². The molecule has 3 atom stereocenters. The van der Waals surface area contributed by atoms with Gasteiger partial charge in [-0.05, 0) is 68.8 Å². The van der Waals surface area contributed by atoms with Crippen molar-refractivity contribution < 1.29 is 19.1 Å². The number of ether oxygens (including phenoxy) is 2. The number of nitrogens with zero attached hydrogens (tertiary/aromatic N) is 4. The summed E-state index contributed by atoms with van der Waals surface area (Å²) in [5, 5.41) is 8.98. The predicted molar refractivity (Wildman–Crippen MR) is 117 cm³/mol. The van der Waals surface area contributed by atoms with Crippen molar-refractivity contribution in [3.63, 3.8) is 0 Å². The van der Waals surface area contributed by atoms with E-state index in [1.807, 2.05) is 4.90 Å². The van der Waals surface area contributed by atoms with E-state index in [0.717, 1.165) is 51.5 Å². The standard InChI is InChI=1S/C25H30N4O4/c1-32-22(30)24-9-17-7-18(10-24)21(19(8-17)11-24)28-14-25(5-2-6-29(25)23(28)31)15-33-20-4-3-16(12-26)13-27-20/h3-4,13,17-19,21H,2,5-11,14-15H2,1H3. The highest BCUT2D eigenvalue weighted by Crippen LogP contribution is 2.62. The smallest absolute Gasteiger partial charge is 0.321 e. The number of methoxy groups -OCH3 is 1. The molecule has 2 aliphatic heterocycles. The summed E-state index contributed by atoms with van der Waals surface area (Å²) >= 11 is 0. The molecule has 1 aromatic rings. The van der Waals surface area contributed by atoms with Crippen LogP contribution in [-0.2, 0) is 9.53 Å². The van der Waals surface area contributed by atoms with Gasteiger partial charge in [0.2, 0.25) is 5.88 Å². The summed E-state index contributed by atoms with van der Waals surface area (Å²) in [7, 11) is 1.50. The first-order valence-corrected chi connectivity index (χ1v) is 12.1. The summed E-state index contributed by atoms with van der Waals surface area (Å²) in [4.78, 5) is 34.7. The van der Waals surface area contributed by atoms with E-state index in [-0.39, 0.29) is 29.0 Å². The van der Waals surface area contributed by atoms with Crippen LogP contribution in [0.3, 0.4) is 0 Å². The van der Waals surface area contributed by atoms with E-state index >= 15 is 0 Å². The van der Waals surface area contributed by atoms with Crippen LogP contribution in [-0.4, -0.2) is 65.2 Å². The van der Waals surface area contributed by atoms with E-state index in [1.54, 1.807) is 12.1 Å². The van der Waals surface area contributed by atoms with Gasteiger partial charge in [-0.1, -0.05) is 0 Å². The minimum Gasteiger partial charge on any atom is -0.475 e. The van der Waals surface area contributed by atoms with E-state index in [4.69, 9.17) is 14.7 Å². The summed E-state index contributed by atoms with van der Waals surface area (Å²) in [5.41, 5.74) is -0.166. The molecule has 2 amide bonds. The molecule has 174 valence electrons. The van der Waals surface area contributed by atoms with Crippen LogP contribution in [0.2, 0.25) is 0 Å². The lowest BCUT2D eigenvalue weighted by Crippen LogP contribution is -2.61. The summed E-state index contributed by atoms with van der Waals surface area (Å²) in [6, 6.07) is 5.82. The van der Waals surface area contributed by atoms with E-state index < -0.39 is 0 Å². The number of esters is 1. The molecule has 6 aliphatic rings. The second-order valence-electron chi connectivity index (χ2n) is 10.9. The molecule has 0 radical (unpaired) electrons. The Balaban J connectivity index is 1.21. The van der Waals surface area contributed by atoms with Crippen LogP contribution in [0.4, 0.5) is 4.79 Å². The van der Waals surface area contributed by atoms with Crippen molar-refractivity contribution in [1.82, 2.24) is 14.8 Å². The number of fused-ring (bicyclic) bond motifs is 1. The zero-order valence-electron chi connectivity index (χ0n) is 19.0. The number of carbonyl (C=O) groups excluding carboxylic acids is 2. The maximum Gasteiger partial charge on any atom is 0.321 e. The van der Waals surface area contributed by atoms with Crippen molar-refractivity contribution in [3.05, 3.63) is 23.9 Å². The van der Waals surface area contributed by atoms with Gasteiger partial charge in [0, 0.05) is 31.4 Å². The van der Waals surface area contributed by atoms with Gasteiger partial charge in [0.25, 0.3) is 0 Å². The van der Waals surface area contributed by atoms with Crippen LogP contribution in [0.5, 0.6) is 5.88 Å². The van der Waals surface area contributed by atoms with Gasteiger partial charge in [0.05, 0.1) is 23.6 Å². The third-order valence-corrected chi connectivity index (χ3v) is 9.09. The third-order valence-electron chi connectivity index (χ3n) is 9.09. The topological polar surface area (TPSA) is 95.8 Å². The molecule has 33 heavy (non-hydrogen) atoms. The molecule has 0 N–H and O–H groups in total. The highest BCUT2D eigenvalue weighted by atomic mass is 16.5. The van der Waals surface area contributed by atoms with Crippen molar-refractivity contribution in [1.29, 1.82) is 5.26 Å². The average molecular weight is 451 g/mol. The Bertz CT molecular complexity index is 1000. The molecule has 3 heterocycles. The van der Waals surface area contributed by atoms with Gasteiger partial charge in [-0.2, -0.15) is 5.26 Å². The molecule has 4 bridgehead atoms. The number of rotatable bonds is 5. The fraction of sp³-hybridized carbons (Fsp3) is 0.680. The first kappa shape index (κ1) is 20.8. The number of amides is 2. The monoisotopic (exact) mass is 450 g/mol. The lowest BCUT2D eigenvalue weighted by molar-refractivity contribution is -0.174. The number of aromatic nitrogens is 1. The minimum atomic E-state index is -0.332. The Morgan fingerprint density at radius 2 is 2.06 bits per heavy atom. The molecule has 7 rings (SSSR count). The molecule has 3 unspecified atom stereocenters. The Morgan fingerprint density at radius 3 is 2.73 bits per heavy atom. The predicted octanol–water partition coefficient (Wildman–Crippen LogP) is 2.97. The molecular formula is C25H30N4O4. The van der Waals surface area contributed by atoms with E-state index in [2.05, 4.69) is 16.0 Å². The highest BCUT2D eigenvalue weighted by molar-refractivity contribution is 5.80. The number of carbonyl (C=O) groups is 2. The fourth-order valence-corrected chi connectivity index (χ4v) is 8.08. The highest BCUT2D eigenvalue weighted by Gasteiger charge is 2.63. The normalized spacial score (nSPS) is 38.4. The number of nitriles is 1. The van der Waals surface area contributed by atoms with Gasteiger partial charge < -0.3 is 19.3 Å². The van der Waals surface area contributed by atoms with Crippen molar-refractivity contribution in [2.75, 3.05) is 26.8 Å². The van der Waals surface area contributed by atoms with Crippen molar-refractivity contribution in [3.8, 4) is 11.9 Å². The van der Waals surface area contributed by atoms with Crippen LogP contribution < -0.4 is 4.74 Å². The van der Waals surface area contributed by atoms with Gasteiger partial charge in [-0.3, -0.25) is 4.79 Å². The van der Waals surface area contributed by atoms with Crippen molar-refractivity contribution in [2.45, 2.75) is 56.5 Å². The quantitative estimate of drug-likeness (QED) is 0.640. The first-order valence-electron chi connectivity index (χ1n) is 12.1. The lowest BCUT2D eigenvalue weighted by Gasteiger charge is -2.60. The molecule has 4 aliphatic carbocycles. The molecule has 2 saturated heterocycles. The molecule has 0 spiro atoms. The molecular weight excluding hydrogens is 420 g/mol. The largest absolute Gasteiger partial charge is 0.475 e. The number of pyridine rings is 1. The van der Waals surface area contributed by atoms with E-state index in [9.17, 15) is 9.59 Å². The zero-order valence-corrected chi connectivity index (χ0v) is 19.0. The molecule has 8 nitrogen and oxygen atoms in total. The summed E-state index contributed by atoms with van der Waals surface area (Å²) in [5.74, 6) is 1.76. The Labute approximate surface area is 193 Å². The summed E-state index contributed by atoms with van der Waals surface area (Å²) < 4.78 is 11.3. The molecule has 4 saturated carbocycles. The zero-order chi connectivity index (χ0) is 22.8. The Hall–Kier alpha value is -2.82. The molecule has 6 fully saturated rings. The SMILES string of the molecule is COC(=O)C12CC3CC(C1)C(N1CC4(COc5ccc(C#N)cn5)CCCN4C1=O)C(C3)C2. The fourth-order valence-electron chi connectivity index (χ4n) is 8.08. The van der Waals surface area contributed by atoms with Crippen molar-refractivity contribution >= 4 is 12.0 Å². The third kappa shape index (κ3) is 3.04. The second-order valence-corrected chi connectivity index (χ2v) is 10.9. The van der Waals surface area contributed by atoms with Gasteiger partial charge in [-0.25, -0.2) is 9.78 Å². The molecule has 1 aromatic heterocycles. The minimum absolute atomic E-state index is 0.0477. The number of hydrogen-bond acceptors (Lipinski definition) is 6. The lowest BCUT2D eigenvalue weighted by atomic mass is 9.47. The summed E-state index contributed by atoms with van der Waals surface area (Å²) in [6.45, 7) is 1.84. The first-order chi connectivity index (χ1) is 16.0. The van der Waals surface area contributed by atoms with E-state index in [1.165, 1.54) is 13.3 Å². The van der Waals surface area contributed by atoms with E-state index in [0.29, 0.717) is 42.3 Å². The summed E-state index contributed by atoms with van der Waals surface area (Å²) in [6.07, 6.45) is 8.29. The Morgan fingerprint density at radius 1 is 1.27 bits per heavy atom. The van der Waals surface area contributed by atoms with Gasteiger partial charge >= 0.3 is 12.0 Å². The van der Waals surface area contributed by atoms with Crippen LogP contribution >= 0.6 is 0 Å². The molecule has 8 heteroatoms. The number of hydrogen-bond donors (Lipinski definition) is 0. The van der Waals surface area contributed by atoms with Gasteiger partial charge in [0.1, 0.15) is 12.7 Å². The van der Waals surface area contributed by atoms with Gasteiger partial charge in [-0.15, -0.1) is 0 Å². The maximum atomic E-state index is 13.6. The number of urea groups is 1. The van der Waals surface area contributed by atoms with Crippen LogP contribution in [0.1, 0.15) is 50.5 Å².